The van der Waals surface area contributed by atoms with Crippen LogP contribution in [0.15, 0.2) is 48.5 Å². The van der Waals surface area contributed by atoms with Crippen molar-refractivity contribution in [3.05, 3.63) is 76.2 Å². The molecule has 0 saturated heterocycles. The molecule has 3 aromatic rings. The van der Waals surface area contributed by atoms with Gasteiger partial charge >= 0.3 is 0 Å². The Balaban J connectivity index is 1.72. The molecule has 1 aromatic heterocycles. The minimum Gasteiger partial charge on any atom is -0.493 e. The third kappa shape index (κ3) is 6.46. The minimum absolute atomic E-state index is 0.0475. The largest absolute Gasteiger partial charge is 0.493 e. The number of aromatic nitrogens is 1. The fraction of sp³-hybridized carbons (Fsp3) is 0.308. The molecule has 1 heterocycles. The standard InChI is InChI=1S/C26H28ClFN2O4/c1-16(2)19-12-20(30-23(14-19)17-4-6-22(28)21(27)13-17)8-9-29-26(32)18-5-7-24(34-11-10-31)25(15-18)33-3/h4-7,12-16,31H,8-11H2,1-3H3,(H,29,32). The number of benzene rings is 2. The quantitative estimate of drug-likeness (QED) is 0.420. The first kappa shape index (κ1) is 25.5. The molecular weight excluding hydrogens is 459 g/mol. The summed E-state index contributed by atoms with van der Waals surface area (Å²) >= 11 is 5.96. The molecule has 8 heteroatoms. The molecule has 2 aromatic carbocycles. The molecule has 2 N–H and O–H groups in total. The van der Waals surface area contributed by atoms with Crippen molar-refractivity contribution in [2.45, 2.75) is 26.2 Å². The van der Waals surface area contributed by atoms with Gasteiger partial charge in [-0.25, -0.2) is 4.39 Å². The monoisotopic (exact) mass is 486 g/mol. The molecular formula is C26H28ClFN2O4. The van der Waals surface area contributed by atoms with Crippen molar-refractivity contribution < 1.29 is 23.8 Å². The average molecular weight is 487 g/mol. The van der Waals surface area contributed by atoms with Gasteiger partial charge in [-0.2, -0.15) is 0 Å². The number of hydrogen-bond donors (Lipinski definition) is 2. The van der Waals surface area contributed by atoms with Crippen LogP contribution in [0.4, 0.5) is 4.39 Å². The number of amides is 1. The Morgan fingerprint density at radius 3 is 2.62 bits per heavy atom. The Morgan fingerprint density at radius 2 is 1.94 bits per heavy atom. The van der Waals surface area contributed by atoms with Crippen LogP contribution >= 0.6 is 11.6 Å². The van der Waals surface area contributed by atoms with E-state index >= 15 is 0 Å². The molecule has 0 aliphatic rings. The number of aliphatic hydroxyl groups excluding tert-OH is 1. The van der Waals surface area contributed by atoms with E-state index in [2.05, 4.69) is 19.2 Å². The van der Waals surface area contributed by atoms with E-state index in [1.54, 1.807) is 30.3 Å². The zero-order valence-corrected chi connectivity index (χ0v) is 20.2. The van der Waals surface area contributed by atoms with Gasteiger partial charge in [0.05, 0.1) is 24.4 Å². The molecule has 0 bridgehead atoms. The van der Waals surface area contributed by atoms with E-state index in [1.165, 1.54) is 13.2 Å². The van der Waals surface area contributed by atoms with Crippen molar-refractivity contribution in [2.24, 2.45) is 0 Å². The van der Waals surface area contributed by atoms with Crippen molar-refractivity contribution in [2.75, 3.05) is 26.9 Å². The maximum absolute atomic E-state index is 13.6. The van der Waals surface area contributed by atoms with Gasteiger partial charge in [0, 0.05) is 29.8 Å². The number of pyridine rings is 1. The Morgan fingerprint density at radius 1 is 1.15 bits per heavy atom. The van der Waals surface area contributed by atoms with Crippen molar-refractivity contribution in [1.29, 1.82) is 0 Å². The minimum atomic E-state index is -0.474. The van der Waals surface area contributed by atoms with Gasteiger partial charge < -0.3 is 19.9 Å². The SMILES string of the molecule is COc1cc(C(=O)NCCc2cc(C(C)C)cc(-c3ccc(F)c(Cl)c3)n2)ccc1OCCO. The van der Waals surface area contributed by atoms with Gasteiger partial charge in [0.2, 0.25) is 0 Å². The highest BCUT2D eigenvalue weighted by atomic mass is 35.5. The molecule has 0 aliphatic heterocycles. The lowest BCUT2D eigenvalue weighted by Gasteiger charge is -2.13. The van der Waals surface area contributed by atoms with E-state index in [0.717, 1.165) is 16.8 Å². The maximum atomic E-state index is 13.6. The van der Waals surface area contributed by atoms with Gasteiger partial charge in [0.15, 0.2) is 11.5 Å². The van der Waals surface area contributed by atoms with Gasteiger partial charge in [-0.1, -0.05) is 25.4 Å². The third-order valence-electron chi connectivity index (χ3n) is 5.22. The Kier molecular flexibility index (Phi) is 8.85. The molecule has 0 atom stereocenters. The summed E-state index contributed by atoms with van der Waals surface area (Å²) in [6, 6.07) is 13.4. The van der Waals surface area contributed by atoms with Crippen LogP contribution in [0.1, 0.15) is 41.4 Å². The number of rotatable bonds is 10. The molecule has 6 nitrogen and oxygen atoms in total. The molecule has 0 saturated carbocycles. The molecule has 0 unspecified atom stereocenters. The summed E-state index contributed by atoms with van der Waals surface area (Å²) in [6.45, 7) is 4.57. The number of hydrogen-bond acceptors (Lipinski definition) is 5. The molecule has 0 spiro atoms. The van der Waals surface area contributed by atoms with Crippen LogP contribution in [0.5, 0.6) is 11.5 Å². The first-order valence-corrected chi connectivity index (χ1v) is 11.4. The summed E-state index contributed by atoms with van der Waals surface area (Å²) in [5.74, 6) is 0.409. The lowest BCUT2D eigenvalue weighted by Crippen LogP contribution is -2.26. The first-order valence-electron chi connectivity index (χ1n) is 11.0. The fourth-order valence-electron chi connectivity index (χ4n) is 3.37. The number of nitrogens with zero attached hydrogens (tertiary/aromatic N) is 1. The van der Waals surface area contributed by atoms with E-state index in [-0.39, 0.29) is 30.1 Å². The Labute approximate surface area is 203 Å². The summed E-state index contributed by atoms with van der Waals surface area (Å²) < 4.78 is 24.3. The van der Waals surface area contributed by atoms with Crippen LogP contribution in [-0.4, -0.2) is 42.9 Å². The van der Waals surface area contributed by atoms with E-state index in [4.69, 9.17) is 31.2 Å². The van der Waals surface area contributed by atoms with Crippen molar-refractivity contribution in [1.82, 2.24) is 10.3 Å². The van der Waals surface area contributed by atoms with Crippen LogP contribution < -0.4 is 14.8 Å². The second-order valence-corrected chi connectivity index (χ2v) is 8.41. The fourth-order valence-corrected chi connectivity index (χ4v) is 3.55. The molecule has 180 valence electrons. The van der Waals surface area contributed by atoms with Gasteiger partial charge in [-0.15, -0.1) is 0 Å². The summed E-state index contributed by atoms with van der Waals surface area (Å²) in [5, 5.41) is 11.9. The Hall–Kier alpha value is -3.16. The number of carbonyl (C=O) groups excluding carboxylic acids is 1. The average Bonchev–Trinajstić information content (AvgIpc) is 2.84. The predicted molar refractivity (Wildman–Crippen MR) is 130 cm³/mol. The highest BCUT2D eigenvalue weighted by Crippen LogP contribution is 2.29. The maximum Gasteiger partial charge on any atom is 0.251 e. The van der Waals surface area contributed by atoms with Gasteiger partial charge in [-0.3, -0.25) is 9.78 Å². The van der Waals surface area contributed by atoms with Gasteiger partial charge in [0.25, 0.3) is 5.91 Å². The summed E-state index contributed by atoms with van der Waals surface area (Å²) in [7, 11) is 1.49. The van der Waals surface area contributed by atoms with Crippen LogP contribution in [-0.2, 0) is 6.42 Å². The number of ether oxygens (including phenoxy) is 2. The van der Waals surface area contributed by atoms with Crippen LogP contribution in [0.3, 0.4) is 0 Å². The number of aliphatic hydroxyl groups is 1. The first-order chi connectivity index (χ1) is 16.3. The number of methoxy groups -OCH3 is 1. The van der Waals surface area contributed by atoms with E-state index in [0.29, 0.717) is 35.7 Å². The summed E-state index contributed by atoms with van der Waals surface area (Å²) in [6.07, 6.45) is 0.517. The normalized spacial score (nSPS) is 10.9. The zero-order valence-electron chi connectivity index (χ0n) is 19.4. The van der Waals surface area contributed by atoms with E-state index < -0.39 is 5.82 Å². The molecule has 0 radical (unpaired) electrons. The van der Waals surface area contributed by atoms with Gasteiger partial charge in [0.1, 0.15) is 12.4 Å². The number of halogens is 2. The Bertz CT molecular complexity index is 1150. The van der Waals surface area contributed by atoms with Crippen molar-refractivity contribution in [3.8, 4) is 22.8 Å². The molecule has 3 rings (SSSR count). The topological polar surface area (TPSA) is 80.7 Å². The van der Waals surface area contributed by atoms with Gasteiger partial charge in [-0.05, 0) is 60.0 Å². The van der Waals surface area contributed by atoms with Crippen LogP contribution in [0.25, 0.3) is 11.3 Å². The summed E-state index contributed by atoms with van der Waals surface area (Å²) in [5.41, 5.74) is 3.77. The van der Waals surface area contributed by atoms with E-state index in [9.17, 15) is 9.18 Å². The molecule has 1 amide bonds. The highest BCUT2D eigenvalue weighted by Gasteiger charge is 2.13. The van der Waals surface area contributed by atoms with Crippen LogP contribution in [0, 0.1) is 5.82 Å². The molecule has 34 heavy (non-hydrogen) atoms. The summed E-state index contributed by atoms with van der Waals surface area (Å²) in [4.78, 5) is 17.3. The van der Waals surface area contributed by atoms with E-state index in [1.807, 2.05) is 12.1 Å². The highest BCUT2D eigenvalue weighted by molar-refractivity contribution is 6.31. The van der Waals surface area contributed by atoms with Crippen molar-refractivity contribution >= 4 is 17.5 Å². The predicted octanol–water partition coefficient (Wildman–Crippen LogP) is 5.02. The number of carbonyl (C=O) groups is 1. The number of nitrogens with one attached hydrogen (secondary N) is 1. The lowest BCUT2D eigenvalue weighted by atomic mass is 9.99. The second-order valence-electron chi connectivity index (χ2n) is 8.00. The van der Waals surface area contributed by atoms with Crippen molar-refractivity contribution in [3.63, 3.8) is 0 Å². The zero-order chi connectivity index (χ0) is 24.7. The second kappa shape index (κ2) is 11.8. The lowest BCUT2D eigenvalue weighted by molar-refractivity contribution is 0.0953. The molecule has 0 fully saturated rings. The smallest absolute Gasteiger partial charge is 0.251 e. The third-order valence-corrected chi connectivity index (χ3v) is 5.51. The molecule has 0 aliphatic carbocycles. The van der Waals surface area contributed by atoms with Crippen LogP contribution in [0.2, 0.25) is 5.02 Å².